The van der Waals surface area contributed by atoms with Crippen LogP contribution in [-0.4, -0.2) is 29.3 Å². The van der Waals surface area contributed by atoms with E-state index in [1.54, 1.807) is 30.2 Å². The number of hydrogen-bond acceptors (Lipinski definition) is 6. The molecule has 1 aliphatic heterocycles. The molecule has 4 nitrogen and oxygen atoms in total. The quantitative estimate of drug-likeness (QED) is 0.558. The fourth-order valence-corrected chi connectivity index (χ4v) is 4.37. The Bertz CT molecular complexity index is 1040. The highest BCUT2D eigenvalue weighted by Gasteiger charge is 2.22. The molecule has 0 saturated heterocycles. The SMILES string of the molecule is COc1cccc(CN2N=C(c3ccc(C)cc3)c3ccsc3N=C2SC)c1. The molecule has 0 radical (unpaired) electrons. The third-order valence-corrected chi connectivity index (χ3v) is 5.99. The van der Waals surface area contributed by atoms with E-state index in [0.29, 0.717) is 6.54 Å². The molecular weight excluding hydrogens is 386 g/mol. The molecule has 1 aliphatic rings. The Morgan fingerprint density at radius 1 is 1.11 bits per heavy atom. The molecule has 0 bridgehead atoms. The highest BCUT2D eigenvalue weighted by atomic mass is 32.2. The Hall–Kier alpha value is -2.57. The molecule has 0 saturated carbocycles. The van der Waals surface area contributed by atoms with Gasteiger partial charge in [0.2, 0.25) is 0 Å². The summed E-state index contributed by atoms with van der Waals surface area (Å²) in [6.45, 7) is 2.72. The van der Waals surface area contributed by atoms with Gasteiger partial charge in [-0.3, -0.25) is 0 Å². The third kappa shape index (κ3) is 3.84. The number of ether oxygens (including phenoxy) is 1. The largest absolute Gasteiger partial charge is 0.497 e. The van der Waals surface area contributed by atoms with Crippen molar-refractivity contribution in [1.82, 2.24) is 5.01 Å². The molecule has 0 N–H and O–H groups in total. The van der Waals surface area contributed by atoms with E-state index in [1.165, 1.54) is 5.56 Å². The van der Waals surface area contributed by atoms with E-state index < -0.39 is 0 Å². The van der Waals surface area contributed by atoms with Crippen molar-refractivity contribution in [2.24, 2.45) is 10.1 Å². The van der Waals surface area contributed by atoms with E-state index in [4.69, 9.17) is 14.8 Å². The summed E-state index contributed by atoms with van der Waals surface area (Å²) in [5.74, 6) is 0.844. The predicted octanol–water partition coefficient (Wildman–Crippen LogP) is 5.68. The summed E-state index contributed by atoms with van der Waals surface area (Å²) in [5, 5.41) is 11.0. The number of fused-ring (bicyclic) bond motifs is 1. The Morgan fingerprint density at radius 3 is 2.68 bits per heavy atom. The third-order valence-electron chi connectivity index (χ3n) is 4.51. The van der Waals surface area contributed by atoms with Crippen LogP contribution in [0, 0.1) is 6.92 Å². The minimum absolute atomic E-state index is 0.626. The molecule has 142 valence electrons. The molecular formula is C22H21N3OS2. The molecule has 0 aliphatic carbocycles. The summed E-state index contributed by atoms with van der Waals surface area (Å²) in [7, 11) is 1.69. The van der Waals surface area contributed by atoms with Crippen LogP contribution in [0.1, 0.15) is 22.3 Å². The van der Waals surface area contributed by atoms with Gasteiger partial charge >= 0.3 is 0 Å². The first-order valence-electron chi connectivity index (χ1n) is 8.94. The van der Waals surface area contributed by atoms with Crippen molar-refractivity contribution in [3.8, 4) is 5.75 Å². The van der Waals surface area contributed by atoms with Crippen LogP contribution in [0.25, 0.3) is 0 Å². The summed E-state index contributed by atoms with van der Waals surface area (Å²) in [4.78, 5) is 4.91. The molecule has 4 rings (SSSR count). The van der Waals surface area contributed by atoms with E-state index in [2.05, 4.69) is 48.7 Å². The van der Waals surface area contributed by atoms with Crippen LogP contribution >= 0.6 is 23.1 Å². The van der Waals surface area contributed by atoms with Gasteiger partial charge in [-0.1, -0.05) is 53.7 Å². The van der Waals surface area contributed by atoms with Crippen LogP contribution in [0.15, 0.2) is 70.1 Å². The first-order chi connectivity index (χ1) is 13.7. The van der Waals surface area contributed by atoms with E-state index >= 15 is 0 Å². The first-order valence-corrected chi connectivity index (χ1v) is 11.0. The normalized spacial score (nSPS) is 13.5. The van der Waals surface area contributed by atoms with Gasteiger partial charge in [-0.25, -0.2) is 10.0 Å². The number of aliphatic imine (C=N–C) groups is 1. The second kappa shape index (κ2) is 8.20. The van der Waals surface area contributed by atoms with Crippen molar-refractivity contribution >= 4 is 39.0 Å². The number of hydrogen-bond donors (Lipinski definition) is 0. The van der Waals surface area contributed by atoms with Crippen molar-refractivity contribution in [3.63, 3.8) is 0 Å². The standard InChI is InChI=1S/C22H21N3OS2/c1-15-7-9-17(10-8-15)20-19-11-12-28-21(19)23-22(27-3)25(24-20)14-16-5-4-6-18(13-16)26-2/h4-13H,14H2,1-3H3. The van der Waals surface area contributed by atoms with Gasteiger partial charge in [-0.15, -0.1) is 11.3 Å². The van der Waals surface area contributed by atoms with Gasteiger partial charge in [0.05, 0.1) is 13.7 Å². The summed E-state index contributed by atoms with van der Waals surface area (Å²) in [5.41, 5.74) is 5.48. The molecule has 0 spiro atoms. The number of aryl methyl sites for hydroxylation is 1. The summed E-state index contributed by atoms with van der Waals surface area (Å²) in [6, 6.07) is 18.7. The molecule has 3 aromatic rings. The minimum Gasteiger partial charge on any atom is -0.497 e. The number of amidine groups is 1. The zero-order valence-electron chi connectivity index (χ0n) is 16.0. The molecule has 1 aromatic heterocycles. The zero-order valence-corrected chi connectivity index (χ0v) is 17.7. The average Bonchev–Trinajstić information content (AvgIpc) is 3.12. The lowest BCUT2D eigenvalue weighted by molar-refractivity contribution is 0.410. The first kappa shape index (κ1) is 18.8. The van der Waals surface area contributed by atoms with Gasteiger partial charge in [-0.2, -0.15) is 5.10 Å². The molecule has 2 heterocycles. The molecule has 0 amide bonds. The van der Waals surface area contributed by atoms with Crippen molar-refractivity contribution < 1.29 is 4.74 Å². The molecule has 6 heteroatoms. The molecule has 0 unspecified atom stereocenters. The van der Waals surface area contributed by atoms with Crippen molar-refractivity contribution in [2.75, 3.05) is 13.4 Å². The Kier molecular flexibility index (Phi) is 5.50. The lowest BCUT2D eigenvalue weighted by Crippen LogP contribution is -2.23. The van der Waals surface area contributed by atoms with Crippen molar-refractivity contribution in [1.29, 1.82) is 0 Å². The molecule has 2 aromatic carbocycles. The monoisotopic (exact) mass is 407 g/mol. The topological polar surface area (TPSA) is 37.2 Å². The number of nitrogens with zero attached hydrogens (tertiary/aromatic N) is 3. The maximum atomic E-state index is 5.37. The van der Waals surface area contributed by atoms with Gasteiger partial charge in [-0.05, 0) is 42.3 Å². The van der Waals surface area contributed by atoms with E-state index in [9.17, 15) is 0 Å². The van der Waals surface area contributed by atoms with Crippen LogP contribution in [0.4, 0.5) is 5.00 Å². The average molecular weight is 408 g/mol. The molecule has 0 fully saturated rings. The van der Waals surface area contributed by atoms with Gasteiger partial charge in [0.1, 0.15) is 16.5 Å². The second-order valence-electron chi connectivity index (χ2n) is 6.46. The van der Waals surface area contributed by atoms with Gasteiger partial charge in [0.25, 0.3) is 0 Å². The second-order valence-corrected chi connectivity index (χ2v) is 8.13. The number of hydrazone groups is 1. The van der Waals surface area contributed by atoms with E-state index in [1.807, 2.05) is 29.5 Å². The Morgan fingerprint density at radius 2 is 1.93 bits per heavy atom. The molecule has 28 heavy (non-hydrogen) atoms. The maximum absolute atomic E-state index is 5.37. The van der Waals surface area contributed by atoms with E-state index in [-0.39, 0.29) is 0 Å². The van der Waals surface area contributed by atoms with Gasteiger partial charge in [0.15, 0.2) is 5.17 Å². The number of thiophene rings is 1. The minimum atomic E-state index is 0.626. The zero-order chi connectivity index (χ0) is 19.5. The van der Waals surface area contributed by atoms with Gasteiger partial charge < -0.3 is 4.74 Å². The summed E-state index contributed by atoms with van der Waals surface area (Å²) >= 11 is 3.25. The highest BCUT2D eigenvalue weighted by Crippen LogP contribution is 2.34. The van der Waals surface area contributed by atoms with Crippen LogP contribution in [0.3, 0.4) is 0 Å². The Labute approximate surface area is 173 Å². The van der Waals surface area contributed by atoms with Crippen LogP contribution in [-0.2, 0) is 6.54 Å². The highest BCUT2D eigenvalue weighted by molar-refractivity contribution is 8.13. The van der Waals surface area contributed by atoms with Crippen LogP contribution in [0.2, 0.25) is 0 Å². The summed E-state index contributed by atoms with van der Waals surface area (Å²) in [6.07, 6.45) is 2.04. The Balaban J connectivity index is 1.79. The van der Waals surface area contributed by atoms with Crippen LogP contribution < -0.4 is 4.74 Å². The maximum Gasteiger partial charge on any atom is 0.185 e. The fraction of sp³-hybridized carbons (Fsp3) is 0.182. The van der Waals surface area contributed by atoms with Gasteiger partial charge in [0, 0.05) is 11.1 Å². The number of methoxy groups -OCH3 is 1. The summed E-state index contributed by atoms with van der Waals surface area (Å²) < 4.78 is 5.37. The lowest BCUT2D eigenvalue weighted by Gasteiger charge is -2.20. The van der Waals surface area contributed by atoms with Crippen molar-refractivity contribution in [2.45, 2.75) is 13.5 Å². The van der Waals surface area contributed by atoms with Crippen molar-refractivity contribution in [3.05, 3.63) is 82.2 Å². The number of thioether (sulfide) groups is 1. The predicted molar refractivity (Wildman–Crippen MR) is 120 cm³/mol. The number of benzene rings is 2. The fourth-order valence-electron chi connectivity index (χ4n) is 3.05. The molecule has 0 atom stereocenters. The lowest BCUT2D eigenvalue weighted by atomic mass is 10.0. The smallest absolute Gasteiger partial charge is 0.185 e. The number of rotatable bonds is 4. The van der Waals surface area contributed by atoms with Crippen LogP contribution in [0.5, 0.6) is 5.75 Å². The van der Waals surface area contributed by atoms with E-state index in [0.717, 1.165) is 38.3 Å².